The normalized spacial score (nSPS) is 16.8. The van der Waals surface area contributed by atoms with Gasteiger partial charge in [-0.2, -0.15) is 0 Å². The van der Waals surface area contributed by atoms with Crippen molar-refractivity contribution in [1.29, 1.82) is 0 Å². The summed E-state index contributed by atoms with van der Waals surface area (Å²) in [4.78, 5) is 14.8. The average Bonchev–Trinajstić information content (AvgIpc) is 3.16. The van der Waals surface area contributed by atoms with Gasteiger partial charge in [0, 0.05) is 24.0 Å². The molecule has 0 aliphatic carbocycles. The fraction of sp³-hybridized carbons (Fsp3) is 0.409. The maximum absolute atomic E-state index is 12.5. The number of carbonyl (C=O) groups is 1. The molecule has 1 saturated heterocycles. The van der Waals surface area contributed by atoms with Crippen LogP contribution in [0.25, 0.3) is 0 Å². The zero-order valence-electron chi connectivity index (χ0n) is 16.4. The standard InChI is InChI=1S/C22H27ClN2O3/c1-3-28-18-9-6-16(7-10-18)20-5-4-13-25(20)14-12-22(26)24-19-15-17(23)8-11-21(19)27-2/h6-11,15,20H,3-5,12-14H2,1-2H3,(H,24,26). The molecule has 1 heterocycles. The van der Waals surface area contributed by atoms with Crippen molar-refractivity contribution < 1.29 is 14.3 Å². The lowest BCUT2D eigenvalue weighted by Gasteiger charge is -2.24. The molecule has 1 aliphatic heterocycles. The summed E-state index contributed by atoms with van der Waals surface area (Å²) in [5, 5.41) is 3.47. The number of anilines is 1. The Bertz CT molecular complexity index is 795. The van der Waals surface area contributed by atoms with E-state index in [1.54, 1.807) is 25.3 Å². The number of hydrogen-bond donors (Lipinski definition) is 1. The fourth-order valence-electron chi connectivity index (χ4n) is 3.66. The van der Waals surface area contributed by atoms with Crippen LogP contribution in [0.5, 0.6) is 11.5 Å². The van der Waals surface area contributed by atoms with Crippen molar-refractivity contribution in [3.63, 3.8) is 0 Å². The number of rotatable bonds is 8. The first-order valence-corrected chi connectivity index (χ1v) is 10.1. The zero-order chi connectivity index (χ0) is 19.9. The molecule has 28 heavy (non-hydrogen) atoms. The number of methoxy groups -OCH3 is 1. The molecule has 1 atom stereocenters. The topological polar surface area (TPSA) is 50.8 Å². The Hall–Kier alpha value is -2.24. The average molecular weight is 403 g/mol. The van der Waals surface area contributed by atoms with E-state index in [-0.39, 0.29) is 5.91 Å². The summed E-state index contributed by atoms with van der Waals surface area (Å²) in [7, 11) is 1.57. The lowest BCUT2D eigenvalue weighted by Crippen LogP contribution is -2.27. The highest BCUT2D eigenvalue weighted by Gasteiger charge is 2.26. The second-order valence-electron chi connectivity index (χ2n) is 6.84. The van der Waals surface area contributed by atoms with Gasteiger partial charge in [-0.25, -0.2) is 0 Å². The van der Waals surface area contributed by atoms with Crippen molar-refractivity contribution in [3.8, 4) is 11.5 Å². The Morgan fingerprint density at radius 3 is 2.75 bits per heavy atom. The predicted molar refractivity (Wildman–Crippen MR) is 112 cm³/mol. The first-order chi connectivity index (χ1) is 13.6. The quantitative estimate of drug-likeness (QED) is 0.681. The van der Waals surface area contributed by atoms with Crippen molar-refractivity contribution in [1.82, 2.24) is 4.90 Å². The summed E-state index contributed by atoms with van der Waals surface area (Å²) in [5.41, 5.74) is 1.88. The molecule has 0 aromatic heterocycles. The molecule has 0 radical (unpaired) electrons. The molecule has 0 spiro atoms. The number of likely N-dealkylation sites (tertiary alicyclic amines) is 1. The van der Waals surface area contributed by atoms with Crippen LogP contribution in [-0.2, 0) is 4.79 Å². The number of nitrogens with zero attached hydrogens (tertiary/aromatic N) is 1. The highest BCUT2D eigenvalue weighted by molar-refractivity contribution is 6.31. The van der Waals surface area contributed by atoms with Crippen LogP contribution in [0.3, 0.4) is 0 Å². The highest BCUT2D eigenvalue weighted by atomic mass is 35.5. The minimum Gasteiger partial charge on any atom is -0.495 e. The van der Waals surface area contributed by atoms with Gasteiger partial charge in [-0.15, -0.1) is 0 Å². The minimum absolute atomic E-state index is 0.0436. The molecular formula is C22H27ClN2O3. The van der Waals surface area contributed by atoms with Crippen LogP contribution in [0.1, 0.15) is 37.8 Å². The van der Waals surface area contributed by atoms with E-state index in [4.69, 9.17) is 21.1 Å². The fourth-order valence-corrected chi connectivity index (χ4v) is 3.83. The van der Waals surface area contributed by atoms with Gasteiger partial charge < -0.3 is 14.8 Å². The summed E-state index contributed by atoms with van der Waals surface area (Å²) in [6.07, 6.45) is 2.67. The van der Waals surface area contributed by atoms with Crippen LogP contribution in [0, 0.1) is 0 Å². The SMILES string of the molecule is CCOc1ccc(C2CCCN2CCC(=O)Nc2cc(Cl)ccc2OC)cc1. The molecule has 1 unspecified atom stereocenters. The van der Waals surface area contributed by atoms with Crippen LogP contribution < -0.4 is 14.8 Å². The Morgan fingerprint density at radius 2 is 2.04 bits per heavy atom. The molecule has 1 N–H and O–H groups in total. The predicted octanol–water partition coefficient (Wildman–Crippen LogP) is 4.91. The van der Waals surface area contributed by atoms with Crippen LogP contribution in [0.15, 0.2) is 42.5 Å². The van der Waals surface area contributed by atoms with Gasteiger partial charge >= 0.3 is 0 Å². The summed E-state index contributed by atoms with van der Waals surface area (Å²) in [6, 6.07) is 13.8. The van der Waals surface area contributed by atoms with Crippen LogP contribution in [0.2, 0.25) is 5.02 Å². The first-order valence-electron chi connectivity index (χ1n) is 9.71. The van der Waals surface area contributed by atoms with E-state index in [1.165, 1.54) is 5.56 Å². The number of halogens is 1. The molecule has 3 rings (SSSR count). The van der Waals surface area contributed by atoms with E-state index < -0.39 is 0 Å². The summed E-state index contributed by atoms with van der Waals surface area (Å²) in [6.45, 7) is 4.37. The Kier molecular flexibility index (Phi) is 7.18. The first kappa shape index (κ1) is 20.5. The lowest BCUT2D eigenvalue weighted by molar-refractivity contribution is -0.116. The van der Waals surface area contributed by atoms with Crippen molar-refractivity contribution in [2.24, 2.45) is 0 Å². The smallest absolute Gasteiger partial charge is 0.225 e. The molecule has 0 saturated carbocycles. The van der Waals surface area contributed by atoms with E-state index in [0.717, 1.165) is 25.1 Å². The van der Waals surface area contributed by atoms with Gasteiger partial charge in [0.15, 0.2) is 0 Å². The van der Waals surface area contributed by atoms with Gasteiger partial charge in [0.1, 0.15) is 11.5 Å². The summed E-state index contributed by atoms with van der Waals surface area (Å²) in [5.74, 6) is 1.45. The molecule has 6 heteroatoms. The monoisotopic (exact) mass is 402 g/mol. The molecule has 1 amide bonds. The Balaban J connectivity index is 1.57. The summed E-state index contributed by atoms with van der Waals surface area (Å²) < 4.78 is 10.8. The van der Waals surface area contributed by atoms with Gasteiger partial charge in [-0.3, -0.25) is 9.69 Å². The van der Waals surface area contributed by atoms with Crippen LogP contribution >= 0.6 is 11.6 Å². The maximum atomic E-state index is 12.5. The molecule has 5 nitrogen and oxygen atoms in total. The third-order valence-electron chi connectivity index (χ3n) is 5.00. The number of ether oxygens (including phenoxy) is 2. The number of benzene rings is 2. The number of carbonyl (C=O) groups excluding carboxylic acids is 1. The molecule has 1 aliphatic rings. The Morgan fingerprint density at radius 1 is 1.25 bits per heavy atom. The van der Waals surface area contributed by atoms with Crippen molar-refractivity contribution in [2.75, 3.05) is 32.1 Å². The van der Waals surface area contributed by atoms with E-state index in [9.17, 15) is 4.79 Å². The molecular weight excluding hydrogens is 376 g/mol. The van der Waals surface area contributed by atoms with Gasteiger partial charge in [0.2, 0.25) is 5.91 Å². The molecule has 150 valence electrons. The highest BCUT2D eigenvalue weighted by Crippen LogP contribution is 2.33. The van der Waals surface area contributed by atoms with Gasteiger partial charge in [-0.1, -0.05) is 23.7 Å². The zero-order valence-corrected chi connectivity index (χ0v) is 17.2. The molecule has 2 aromatic carbocycles. The van der Waals surface area contributed by atoms with Crippen LogP contribution in [-0.4, -0.2) is 37.6 Å². The van der Waals surface area contributed by atoms with E-state index in [1.807, 2.05) is 19.1 Å². The lowest BCUT2D eigenvalue weighted by atomic mass is 10.0. The van der Waals surface area contributed by atoms with Crippen molar-refractivity contribution in [3.05, 3.63) is 53.1 Å². The molecule has 1 fully saturated rings. The maximum Gasteiger partial charge on any atom is 0.225 e. The molecule has 0 bridgehead atoms. The number of nitrogens with one attached hydrogen (secondary N) is 1. The third-order valence-corrected chi connectivity index (χ3v) is 5.24. The van der Waals surface area contributed by atoms with Crippen molar-refractivity contribution in [2.45, 2.75) is 32.2 Å². The Labute approximate surface area is 171 Å². The second kappa shape index (κ2) is 9.80. The summed E-state index contributed by atoms with van der Waals surface area (Å²) >= 11 is 6.03. The van der Waals surface area contributed by atoms with Crippen molar-refractivity contribution >= 4 is 23.2 Å². The van der Waals surface area contributed by atoms with E-state index >= 15 is 0 Å². The molecule has 2 aromatic rings. The van der Waals surface area contributed by atoms with Crippen LogP contribution in [0.4, 0.5) is 5.69 Å². The van der Waals surface area contributed by atoms with Gasteiger partial charge in [0.05, 0.1) is 19.4 Å². The second-order valence-corrected chi connectivity index (χ2v) is 7.28. The van der Waals surface area contributed by atoms with E-state index in [0.29, 0.717) is 42.1 Å². The number of hydrogen-bond acceptors (Lipinski definition) is 4. The minimum atomic E-state index is -0.0436. The number of amides is 1. The van der Waals surface area contributed by atoms with E-state index in [2.05, 4.69) is 22.3 Å². The largest absolute Gasteiger partial charge is 0.495 e. The van der Waals surface area contributed by atoms with Gasteiger partial charge in [0.25, 0.3) is 0 Å². The van der Waals surface area contributed by atoms with Gasteiger partial charge in [-0.05, 0) is 62.2 Å². The third kappa shape index (κ3) is 5.18.